The lowest BCUT2D eigenvalue weighted by molar-refractivity contribution is 0.242. The fourth-order valence-corrected chi connectivity index (χ4v) is 3.85. The Morgan fingerprint density at radius 2 is 1.65 bits per heavy atom. The average molecular weight is 377 g/mol. The monoisotopic (exact) mass is 376 g/mol. The van der Waals surface area contributed by atoms with Gasteiger partial charge in [-0.1, -0.05) is 0 Å². The first-order valence-corrected chi connectivity index (χ1v) is 10.4. The Morgan fingerprint density at radius 1 is 1.04 bits per heavy atom. The number of nitrogens with one attached hydrogen (secondary N) is 1. The second-order valence-corrected chi connectivity index (χ2v) is 8.10. The second-order valence-electron chi connectivity index (χ2n) is 6.42. The van der Waals surface area contributed by atoms with Crippen molar-refractivity contribution in [3.8, 4) is 5.75 Å². The van der Waals surface area contributed by atoms with Crippen molar-refractivity contribution in [2.24, 2.45) is 0 Å². The van der Waals surface area contributed by atoms with E-state index in [1.54, 1.807) is 24.3 Å². The summed E-state index contributed by atoms with van der Waals surface area (Å²) < 4.78 is 33.5. The van der Waals surface area contributed by atoms with Gasteiger partial charge in [0.15, 0.2) is 0 Å². The quantitative estimate of drug-likeness (QED) is 0.740. The molecule has 5 nitrogen and oxygen atoms in total. The van der Waals surface area contributed by atoms with Gasteiger partial charge in [0, 0.05) is 18.8 Å². The summed E-state index contributed by atoms with van der Waals surface area (Å²) in [5.41, 5.74) is 2.56. The molecule has 142 valence electrons. The Labute approximate surface area is 157 Å². The van der Waals surface area contributed by atoms with E-state index in [9.17, 15) is 8.42 Å². The molecule has 0 unspecified atom stereocenters. The predicted octanol–water partition coefficient (Wildman–Crippen LogP) is 4.43. The molecule has 0 aliphatic carbocycles. The molecule has 1 N–H and O–H groups in total. The van der Waals surface area contributed by atoms with Gasteiger partial charge in [-0.15, -0.1) is 0 Å². The normalized spacial score (nSPS) is 11.5. The zero-order valence-corrected chi connectivity index (χ0v) is 16.9. The molecule has 0 atom stereocenters. The van der Waals surface area contributed by atoms with Crippen LogP contribution in [-0.4, -0.2) is 27.6 Å². The fourth-order valence-electron chi connectivity index (χ4n) is 2.72. The maximum atomic E-state index is 12.7. The van der Waals surface area contributed by atoms with Crippen LogP contribution >= 0.6 is 0 Å². The standard InChI is InChI=1S/C20H28N2O3S/c1-6-22(7-2)17-8-13-20(16(5)14-17)21-26(23,24)19-11-9-18(10-12-19)25-15(3)4/h8-15,21H,6-7H2,1-5H3. The van der Waals surface area contributed by atoms with Gasteiger partial charge in [-0.2, -0.15) is 0 Å². The number of ether oxygens (including phenoxy) is 1. The largest absolute Gasteiger partial charge is 0.491 e. The lowest BCUT2D eigenvalue weighted by Gasteiger charge is -2.22. The molecule has 0 aromatic heterocycles. The van der Waals surface area contributed by atoms with Gasteiger partial charge in [-0.25, -0.2) is 8.42 Å². The molecule has 2 rings (SSSR count). The van der Waals surface area contributed by atoms with Crippen LogP contribution in [0.15, 0.2) is 47.4 Å². The molecule has 2 aromatic rings. The van der Waals surface area contributed by atoms with Gasteiger partial charge in [-0.3, -0.25) is 4.72 Å². The molecule has 0 bridgehead atoms. The van der Waals surface area contributed by atoms with Crippen LogP contribution in [0.25, 0.3) is 0 Å². The van der Waals surface area contributed by atoms with Crippen LogP contribution in [-0.2, 0) is 10.0 Å². The van der Waals surface area contributed by atoms with E-state index in [0.29, 0.717) is 11.4 Å². The van der Waals surface area contributed by atoms with Crippen LogP contribution in [0, 0.1) is 6.92 Å². The van der Waals surface area contributed by atoms with Crippen molar-refractivity contribution in [2.45, 2.75) is 45.6 Å². The van der Waals surface area contributed by atoms with E-state index < -0.39 is 10.0 Å². The molecule has 0 aliphatic rings. The van der Waals surface area contributed by atoms with E-state index in [0.717, 1.165) is 24.3 Å². The minimum atomic E-state index is -3.64. The minimum absolute atomic E-state index is 0.0440. The first kappa shape index (κ1) is 20.1. The van der Waals surface area contributed by atoms with Gasteiger partial charge in [0.2, 0.25) is 0 Å². The van der Waals surface area contributed by atoms with Crippen molar-refractivity contribution in [3.63, 3.8) is 0 Å². The highest BCUT2D eigenvalue weighted by Crippen LogP contribution is 2.25. The van der Waals surface area contributed by atoms with Crippen LogP contribution in [0.5, 0.6) is 5.75 Å². The Morgan fingerprint density at radius 3 is 2.15 bits per heavy atom. The highest BCUT2D eigenvalue weighted by Gasteiger charge is 2.16. The van der Waals surface area contributed by atoms with Crippen molar-refractivity contribution in [3.05, 3.63) is 48.0 Å². The number of nitrogens with zero attached hydrogens (tertiary/aromatic N) is 1. The SMILES string of the molecule is CCN(CC)c1ccc(NS(=O)(=O)c2ccc(OC(C)C)cc2)c(C)c1. The third-order valence-electron chi connectivity index (χ3n) is 4.09. The molecule has 0 aliphatic heterocycles. The van der Waals surface area contributed by atoms with E-state index in [4.69, 9.17) is 4.74 Å². The summed E-state index contributed by atoms with van der Waals surface area (Å²) in [6.45, 7) is 11.8. The van der Waals surface area contributed by atoms with Gasteiger partial charge < -0.3 is 9.64 Å². The zero-order chi connectivity index (χ0) is 19.3. The lowest BCUT2D eigenvalue weighted by atomic mass is 10.1. The van der Waals surface area contributed by atoms with Gasteiger partial charge in [0.1, 0.15) is 5.75 Å². The summed E-state index contributed by atoms with van der Waals surface area (Å²) in [6.07, 6.45) is 0.0440. The maximum Gasteiger partial charge on any atom is 0.261 e. The van der Waals surface area contributed by atoms with Crippen molar-refractivity contribution >= 4 is 21.4 Å². The summed E-state index contributed by atoms with van der Waals surface area (Å²) in [5.74, 6) is 0.652. The third kappa shape index (κ3) is 4.91. The molecule has 0 heterocycles. The number of rotatable bonds is 8. The average Bonchev–Trinajstić information content (AvgIpc) is 2.58. The molecule has 2 aromatic carbocycles. The fraction of sp³-hybridized carbons (Fsp3) is 0.400. The third-order valence-corrected chi connectivity index (χ3v) is 5.47. The van der Waals surface area contributed by atoms with Gasteiger partial charge >= 0.3 is 0 Å². The van der Waals surface area contributed by atoms with Gasteiger partial charge in [0.25, 0.3) is 10.0 Å². The number of hydrogen-bond donors (Lipinski definition) is 1. The number of aryl methyl sites for hydroxylation is 1. The Balaban J connectivity index is 2.21. The Hall–Kier alpha value is -2.21. The summed E-state index contributed by atoms with van der Waals surface area (Å²) >= 11 is 0. The number of hydrogen-bond acceptors (Lipinski definition) is 4. The van der Waals surface area contributed by atoms with Gasteiger partial charge in [-0.05, 0) is 82.6 Å². The first-order valence-electron chi connectivity index (χ1n) is 8.92. The molecule has 0 fully saturated rings. The van der Waals surface area contributed by atoms with Crippen molar-refractivity contribution in [1.29, 1.82) is 0 Å². The van der Waals surface area contributed by atoms with Crippen LogP contribution < -0.4 is 14.4 Å². The van der Waals surface area contributed by atoms with Crippen molar-refractivity contribution < 1.29 is 13.2 Å². The minimum Gasteiger partial charge on any atom is -0.491 e. The van der Waals surface area contributed by atoms with E-state index in [2.05, 4.69) is 23.5 Å². The molecule has 26 heavy (non-hydrogen) atoms. The van der Waals surface area contributed by atoms with E-state index in [1.165, 1.54) is 0 Å². The predicted molar refractivity (Wildman–Crippen MR) is 108 cm³/mol. The molecule has 0 saturated carbocycles. The zero-order valence-electron chi connectivity index (χ0n) is 16.1. The summed E-state index contributed by atoms with van der Waals surface area (Å²) in [7, 11) is -3.64. The molecular formula is C20H28N2O3S. The summed E-state index contributed by atoms with van der Waals surface area (Å²) in [6, 6.07) is 12.2. The van der Waals surface area contributed by atoms with E-state index >= 15 is 0 Å². The number of benzene rings is 2. The van der Waals surface area contributed by atoms with Crippen molar-refractivity contribution in [1.82, 2.24) is 0 Å². The smallest absolute Gasteiger partial charge is 0.261 e. The molecule has 0 radical (unpaired) electrons. The van der Waals surface area contributed by atoms with E-state index in [-0.39, 0.29) is 11.0 Å². The Bertz CT molecular complexity index is 827. The van der Waals surface area contributed by atoms with Crippen LogP contribution in [0.3, 0.4) is 0 Å². The number of sulfonamides is 1. The van der Waals surface area contributed by atoms with Crippen LogP contribution in [0.2, 0.25) is 0 Å². The molecule has 0 saturated heterocycles. The summed E-state index contributed by atoms with van der Waals surface area (Å²) in [5, 5.41) is 0. The van der Waals surface area contributed by atoms with E-state index in [1.807, 2.05) is 39.0 Å². The molecule has 0 amide bonds. The molecule has 6 heteroatoms. The first-order chi connectivity index (χ1) is 12.3. The Kier molecular flexibility index (Phi) is 6.53. The topological polar surface area (TPSA) is 58.6 Å². The second kappa shape index (κ2) is 8.45. The van der Waals surface area contributed by atoms with Gasteiger partial charge in [0.05, 0.1) is 16.7 Å². The maximum absolute atomic E-state index is 12.7. The highest BCUT2D eigenvalue weighted by atomic mass is 32.2. The highest BCUT2D eigenvalue weighted by molar-refractivity contribution is 7.92. The number of anilines is 2. The molecule has 0 spiro atoms. The molecular weight excluding hydrogens is 348 g/mol. The lowest BCUT2D eigenvalue weighted by Crippen LogP contribution is -2.22. The summed E-state index contributed by atoms with van der Waals surface area (Å²) in [4.78, 5) is 2.43. The van der Waals surface area contributed by atoms with Crippen LogP contribution in [0.1, 0.15) is 33.3 Å². The van der Waals surface area contributed by atoms with Crippen LogP contribution in [0.4, 0.5) is 11.4 Å². The van der Waals surface area contributed by atoms with Crippen molar-refractivity contribution in [2.75, 3.05) is 22.7 Å².